The molecule has 0 atom stereocenters. The lowest BCUT2D eigenvalue weighted by Crippen LogP contribution is -2.51. The fraction of sp³-hybridized carbons (Fsp3) is 0.321. The van der Waals surface area contributed by atoms with E-state index in [1.54, 1.807) is 17.4 Å². The highest BCUT2D eigenvalue weighted by atomic mass is 32.1. The minimum absolute atomic E-state index is 0.282. The molecule has 0 spiro atoms. The van der Waals surface area contributed by atoms with Crippen molar-refractivity contribution in [3.05, 3.63) is 75.0 Å². The van der Waals surface area contributed by atoms with E-state index in [-0.39, 0.29) is 5.92 Å². The van der Waals surface area contributed by atoms with Crippen LogP contribution in [0, 0.1) is 5.92 Å². The minimum Gasteiger partial charge on any atom is -0.488 e. The van der Waals surface area contributed by atoms with Crippen LogP contribution in [-0.4, -0.2) is 42.2 Å². The molecule has 1 aromatic heterocycles. The maximum absolute atomic E-state index is 13.2. The lowest BCUT2D eigenvalue weighted by atomic mass is 9.98. The van der Waals surface area contributed by atoms with E-state index in [1.165, 1.54) is 12.1 Å². The average Bonchev–Trinajstić information content (AvgIpc) is 3.27. The standard InChI is InChI=1S/C28H26F3NO4S/c1-2-26-24(18-4-3-5-21(9-18)28(29,30)31)11-23(37-26)16-35-22-7-6-19-8-17(15-36-25(19)10-22)12-32-13-20(14-32)27(33)34/h3-11,20H,2,12-16H2,1H3,(H,33,34). The van der Waals surface area contributed by atoms with Crippen molar-refractivity contribution in [2.24, 2.45) is 5.92 Å². The summed E-state index contributed by atoms with van der Waals surface area (Å²) in [5, 5.41) is 9.03. The maximum atomic E-state index is 13.2. The van der Waals surface area contributed by atoms with Crippen molar-refractivity contribution in [3.8, 4) is 22.6 Å². The van der Waals surface area contributed by atoms with E-state index in [9.17, 15) is 18.0 Å². The smallest absolute Gasteiger partial charge is 0.416 e. The number of benzene rings is 2. The maximum Gasteiger partial charge on any atom is 0.416 e. The highest BCUT2D eigenvalue weighted by molar-refractivity contribution is 7.12. The van der Waals surface area contributed by atoms with Crippen molar-refractivity contribution in [3.63, 3.8) is 0 Å². The average molecular weight is 530 g/mol. The number of rotatable bonds is 8. The molecule has 0 saturated carbocycles. The molecular formula is C28H26F3NO4S. The van der Waals surface area contributed by atoms with Gasteiger partial charge in [-0.25, -0.2) is 0 Å². The summed E-state index contributed by atoms with van der Waals surface area (Å²) in [6.07, 6.45) is -1.59. The number of hydrogen-bond acceptors (Lipinski definition) is 5. The zero-order chi connectivity index (χ0) is 26.2. The Hall–Kier alpha value is -3.30. The van der Waals surface area contributed by atoms with E-state index in [2.05, 4.69) is 11.0 Å². The van der Waals surface area contributed by atoms with Crippen LogP contribution in [0.4, 0.5) is 13.2 Å². The molecule has 0 unspecified atom stereocenters. The molecule has 1 N–H and O–H groups in total. The van der Waals surface area contributed by atoms with E-state index >= 15 is 0 Å². The number of halogens is 3. The molecule has 1 fully saturated rings. The first kappa shape index (κ1) is 25.4. The third-order valence-corrected chi connectivity index (χ3v) is 7.81. The third-order valence-electron chi connectivity index (χ3n) is 6.55. The van der Waals surface area contributed by atoms with Crippen LogP contribution in [0.2, 0.25) is 0 Å². The molecule has 194 valence electrons. The summed E-state index contributed by atoms with van der Waals surface area (Å²) in [5.41, 5.74) is 2.74. The number of aryl methyl sites for hydroxylation is 1. The molecule has 1 saturated heterocycles. The topological polar surface area (TPSA) is 59.0 Å². The van der Waals surface area contributed by atoms with Gasteiger partial charge in [0.2, 0.25) is 0 Å². The monoisotopic (exact) mass is 529 g/mol. The van der Waals surface area contributed by atoms with E-state index in [1.807, 2.05) is 31.2 Å². The van der Waals surface area contributed by atoms with Gasteiger partial charge in [-0.1, -0.05) is 19.1 Å². The van der Waals surface area contributed by atoms with E-state index in [0.717, 1.165) is 38.3 Å². The second-order valence-corrected chi connectivity index (χ2v) is 10.5. The molecule has 37 heavy (non-hydrogen) atoms. The number of alkyl halides is 3. The number of thiophene rings is 1. The van der Waals surface area contributed by atoms with E-state index in [4.69, 9.17) is 14.6 Å². The highest BCUT2D eigenvalue weighted by Crippen LogP contribution is 2.37. The summed E-state index contributed by atoms with van der Waals surface area (Å²) >= 11 is 1.54. The number of carboxylic acid groups (broad SMARTS) is 1. The van der Waals surface area contributed by atoms with Gasteiger partial charge in [-0.2, -0.15) is 13.2 Å². The van der Waals surface area contributed by atoms with Gasteiger partial charge in [-0.15, -0.1) is 11.3 Å². The van der Waals surface area contributed by atoms with Crippen molar-refractivity contribution < 1.29 is 32.5 Å². The fourth-order valence-electron chi connectivity index (χ4n) is 4.59. The molecule has 2 aromatic carbocycles. The first-order valence-electron chi connectivity index (χ1n) is 12.0. The Labute approximate surface area is 216 Å². The summed E-state index contributed by atoms with van der Waals surface area (Å²) < 4.78 is 51.5. The number of likely N-dealkylation sites (tertiary alicyclic amines) is 1. The lowest BCUT2D eigenvalue weighted by molar-refractivity contribution is -0.147. The number of fused-ring (bicyclic) bond motifs is 1. The molecule has 3 heterocycles. The first-order chi connectivity index (χ1) is 17.7. The number of aliphatic carboxylic acids is 1. The highest BCUT2D eigenvalue weighted by Gasteiger charge is 2.33. The van der Waals surface area contributed by atoms with E-state index < -0.39 is 17.7 Å². The van der Waals surface area contributed by atoms with Crippen LogP contribution in [-0.2, 0) is 24.0 Å². The second-order valence-electron chi connectivity index (χ2n) is 9.29. The van der Waals surface area contributed by atoms with Crippen molar-refractivity contribution >= 4 is 23.4 Å². The third kappa shape index (κ3) is 5.67. The number of carbonyl (C=O) groups is 1. The van der Waals surface area contributed by atoms with E-state index in [0.29, 0.717) is 50.6 Å². The summed E-state index contributed by atoms with van der Waals surface area (Å²) in [6, 6.07) is 13.0. The molecule has 3 aromatic rings. The molecule has 2 aliphatic rings. The van der Waals surface area contributed by atoms with Crippen LogP contribution in [0.25, 0.3) is 17.2 Å². The van der Waals surface area contributed by atoms with Gasteiger partial charge < -0.3 is 14.6 Å². The SMILES string of the molecule is CCc1sc(COc2ccc3c(c2)OCC(CN2CC(C(=O)O)C2)=C3)cc1-c1cccc(C(F)(F)F)c1. The van der Waals surface area contributed by atoms with Crippen molar-refractivity contribution in [2.45, 2.75) is 26.1 Å². The Bertz CT molecular complexity index is 1340. The summed E-state index contributed by atoms with van der Waals surface area (Å²) in [4.78, 5) is 15.0. The summed E-state index contributed by atoms with van der Waals surface area (Å²) in [5.74, 6) is 0.339. The number of carboxylic acids is 1. The zero-order valence-corrected chi connectivity index (χ0v) is 21.0. The summed E-state index contributed by atoms with van der Waals surface area (Å²) in [7, 11) is 0. The lowest BCUT2D eigenvalue weighted by Gasteiger charge is -2.37. The van der Waals surface area contributed by atoms with Crippen LogP contribution < -0.4 is 9.47 Å². The molecule has 0 amide bonds. The van der Waals surface area contributed by atoms with Crippen LogP contribution in [0.3, 0.4) is 0 Å². The van der Waals surface area contributed by atoms with Crippen LogP contribution in [0.5, 0.6) is 11.5 Å². The van der Waals surface area contributed by atoms with Gasteiger partial charge in [0.15, 0.2) is 0 Å². The molecule has 5 rings (SSSR count). The predicted molar refractivity (Wildman–Crippen MR) is 136 cm³/mol. The molecule has 0 aliphatic carbocycles. The molecule has 0 bridgehead atoms. The number of nitrogens with zero attached hydrogens (tertiary/aromatic N) is 1. The van der Waals surface area contributed by atoms with Gasteiger partial charge in [0, 0.05) is 41.0 Å². The molecule has 0 radical (unpaired) electrons. The van der Waals surface area contributed by atoms with Crippen LogP contribution in [0.15, 0.2) is 54.1 Å². The zero-order valence-electron chi connectivity index (χ0n) is 20.2. The number of ether oxygens (including phenoxy) is 2. The quantitative estimate of drug-likeness (QED) is 0.368. The fourth-order valence-corrected chi connectivity index (χ4v) is 5.64. The van der Waals surface area contributed by atoms with Gasteiger partial charge in [0.1, 0.15) is 24.7 Å². The van der Waals surface area contributed by atoms with Gasteiger partial charge in [-0.05, 0) is 59.5 Å². The summed E-state index contributed by atoms with van der Waals surface area (Å²) in [6.45, 7) is 4.54. The molecular weight excluding hydrogens is 503 g/mol. The van der Waals surface area contributed by atoms with Crippen molar-refractivity contribution in [2.75, 3.05) is 26.2 Å². The Kier molecular flexibility index (Phi) is 7.00. The molecule has 9 heteroatoms. The Balaban J connectivity index is 1.24. The van der Waals surface area contributed by atoms with Crippen LogP contribution in [0.1, 0.15) is 27.8 Å². The van der Waals surface area contributed by atoms with Gasteiger partial charge in [-0.3, -0.25) is 9.69 Å². The minimum atomic E-state index is -4.38. The normalized spacial score (nSPS) is 15.9. The van der Waals surface area contributed by atoms with Crippen molar-refractivity contribution in [1.82, 2.24) is 4.90 Å². The largest absolute Gasteiger partial charge is 0.488 e. The first-order valence-corrected chi connectivity index (χ1v) is 12.8. The number of hydrogen-bond donors (Lipinski definition) is 1. The van der Waals surface area contributed by atoms with Gasteiger partial charge in [0.05, 0.1) is 11.5 Å². The Morgan fingerprint density at radius 1 is 1.19 bits per heavy atom. The predicted octanol–water partition coefficient (Wildman–Crippen LogP) is 6.37. The second kappa shape index (κ2) is 10.2. The molecule has 5 nitrogen and oxygen atoms in total. The van der Waals surface area contributed by atoms with Gasteiger partial charge >= 0.3 is 12.1 Å². The molecule has 2 aliphatic heterocycles. The van der Waals surface area contributed by atoms with Crippen LogP contribution >= 0.6 is 11.3 Å². The Morgan fingerprint density at radius 3 is 2.73 bits per heavy atom. The van der Waals surface area contributed by atoms with Gasteiger partial charge in [0.25, 0.3) is 0 Å². The Morgan fingerprint density at radius 2 is 2.00 bits per heavy atom. The van der Waals surface area contributed by atoms with Crippen molar-refractivity contribution in [1.29, 1.82) is 0 Å².